The Morgan fingerprint density at radius 2 is 2.12 bits per heavy atom. The summed E-state index contributed by atoms with van der Waals surface area (Å²) in [6.07, 6.45) is 5.38. The monoisotopic (exact) mass is 221 g/mol. The number of nitrogens with one attached hydrogen (secondary N) is 1. The van der Waals surface area contributed by atoms with Crippen LogP contribution in [-0.2, 0) is 6.54 Å². The fourth-order valence-electron chi connectivity index (χ4n) is 1.72. The van der Waals surface area contributed by atoms with E-state index in [0.29, 0.717) is 6.04 Å². The molecule has 0 aliphatic heterocycles. The fraction of sp³-hybridized carbons (Fsp3) is 0.692. The molecule has 0 aliphatic rings. The van der Waals surface area contributed by atoms with E-state index in [0.717, 1.165) is 18.2 Å². The molecule has 3 heteroatoms. The number of hydrogen-bond donors (Lipinski definition) is 1. The van der Waals surface area contributed by atoms with Crippen LogP contribution in [0.2, 0.25) is 0 Å². The second-order valence-electron chi connectivity index (χ2n) is 4.45. The molecule has 2 unspecified atom stereocenters. The Labute approximate surface area is 98.7 Å². The van der Waals surface area contributed by atoms with E-state index in [1.807, 2.05) is 12.1 Å². The highest BCUT2D eigenvalue weighted by atomic mass is 15.1. The van der Waals surface area contributed by atoms with E-state index in [-0.39, 0.29) is 0 Å². The Bertz CT molecular complexity index is 274. The Morgan fingerprint density at radius 3 is 2.69 bits per heavy atom. The average molecular weight is 221 g/mol. The van der Waals surface area contributed by atoms with Gasteiger partial charge in [-0.1, -0.05) is 27.2 Å². The van der Waals surface area contributed by atoms with Crippen LogP contribution in [0.4, 0.5) is 0 Å². The van der Waals surface area contributed by atoms with Crippen molar-refractivity contribution in [1.82, 2.24) is 15.5 Å². The summed E-state index contributed by atoms with van der Waals surface area (Å²) in [6, 6.07) is 4.53. The molecule has 3 nitrogen and oxygen atoms in total. The van der Waals surface area contributed by atoms with Crippen LogP contribution in [0.5, 0.6) is 0 Å². The van der Waals surface area contributed by atoms with Gasteiger partial charge in [-0.05, 0) is 30.9 Å². The molecule has 0 spiro atoms. The van der Waals surface area contributed by atoms with Crippen molar-refractivity contribution < 1.29 is 0 Å². The van der Waals surface area contributed by atoms with E-state index in [9.17, 15) is 0 Å². The predicted octanol–water partition coefficient (Wildman–Crippen LogP) is 2.78. The molecule has 1 aromatic heterocycles. The summed E-state index contributed by atoms with van der Waals surface area (Å²) < 4.78 is 0. The van der Waals surface area contributed by atoms with Gasteiger partial charge in [-0.25, -0.2) is 0 Å². The zero-order chi connectivity index (χ0) is 11.8. The van der Waals surface area contributed by atoms with Crippen molar-refractivity contribution in [2.45, 2.75) is 52.6 Å². The smallest absolute Gasteiger partial charge is 0.0769 e. The zero-order valence-corrected chi connectivity index (χ0v) is 10.6. The summed E-state index contributed by atoms with van der Waals surface area (Å²) in [4.78, 5) is 0. The normalized spacial score (nSPS) is 14.7. The molecule has 2 atom stereocenters. The molecule has 16 heavy (non-hydrogen) atoms. The first-order valence-corrected chi connectivity index (χ1v) is 6.26. The zero-order valence-electron chi connectivity index (χ0n) is 10.6. The van der Waals surface area contributed by atoms with Gasteiger partial charge in [0.15, 0.2) is 0 Å². The van der Waals surface area contributed by atoms with Gasteiger partial charge < -0.3 is 5.32 Å². The minimum Gasteiger partial charge on any atom is -0.308 e. The molecule has 90 valence electrons. The van der Waals surface area contributed by atoms with Crippen LogP contribution in [0, 0.1) is 5.92 Å². The topological polar surface area (TPSA) is 37.8 Å². The van der Waals surface area contributed by atoms with Crippen molar-refractivity contribution in [3.8, 4) is 0 Å². The maximum absolute atomic E-state index is 4.07. The van der Waals surface area contributed by atoms with Crippen LogP contribution in [0.1, 0.15) is 45.7 Å². The third kappa shape index (κ3) is 4.71. The molecule has 0 bridgehead atoms. The maximum Gasteiger partial charge on any atom is 0.0769 e. The highest BCUT2D eigenvalue weighted by molar-refractivity contribution is 4.98. The van der Waals surface area contributed by atoms with Gasteiger partial charge >= 0.3 is 0 Å². The van der Waals surface area contributed by atoms with Gasteiger partial charge in [0.1, 0.15) is 0 Å². The molecular formula is C13H23N3. The van der Waals surface area contributed by atoms with Crippen LogP contribution >= 0.6 is 0 Å². The number of rotatable bonds is 7. The molecule has 0 amide bonds. The van der Waals surface area contributed by atoms with Gasteiger partial charge in [0.25, 0.3) is 0 Å². The van der Waals surface area contributed by atoms with Gasteiger partial charge in [0.2, 0.25) is 0 Å². The Kier molecular flexibility index (Phi) is 6.01. The molecule has 1 heterocycles. The third-order valence-electron chi connectivity index (χ3n) is 3.08. The summed E-state index contributed by atoms with van der Waals surface area (Å²) in [6.45, 7) is 7.62. The van der Waals surface area contributed by atoms with Gasteiger partial charge in [-0.2, -0.15) is 10.2 Å². The lowest BCUT2D eigenvalue weighted by molar-refractivity contribution is 0.382. The highest BCUT2D eigenvalue weighted by Crippen LogP contribution is 2.12. The molecule has 0 radical (unpaired) electrons. The van der Waals surface area contributed by atoms with Crippen molar-refractivity contribution in [2.75, 3.05) is 0 Å². The Hall–Kier alpha value is -0.960. The lowest BCUT2D eigenvalue weighted by Crippen LogP contribution is -2.30. The van der Waals surface area contributed by atoms with Crippen molar-refractivity contribution in [3.63, 3.8) is 0 Å². The van der Waals surface area contributed by atoms with E-state index in [1.54, 1.807) is 6.20 Å². The number of nitrogens with zero attached hydrogens (tertiary/aromatic N) is 2. The summed E-state index contributed by atoms with van der Waals surface area (Å²) >= 11 is 0. The first-order valence-electron chi connectivity index (χ1n) is 6.26. The van der Waals surface area contributed by atoms with Crippen LogP contribution in [0.25, 0.3) is 0 Å². The summed E-state index contributed by atoms with van der Waals surface area (Å²) in [7, 11) is 0. The molecule has 0 aliphatic carbocycles. The van der Waals surface area contributed by atoms with Gasteiger partial charge in [-0.3, -0.25) is 0 Å². The van der Waals surface area contributed by atoms with Gasteiger partial charge in [-0.15, -0.1) is 0 Å². The molecule has 1 aromatic rings. The Balaban J connectivity index is 2.34. The molecule has 0 saturated heterocycles. The number of hydrogen-bond acceptors (Lipinski definition) is 3. The van der Waals surface area contributed by atoms with E-state index in [2.05, 4.69) is 36.3 Å². The van der Waals surface area contributed by atoms with Crippen molar-refractivity contribution >= 4 is 0 Å². The van der Waals surface area contributed by atoms with E-state index in [1.165, 1.54) is 19.3 Å². The molecule has 1 rings (SSSR count). The SMILES string of the molecule is CCC(C)CC(CC)NCc1cccnn1. The van der Waals surface area contributed by atoms with E-state index >= 15 is 0 Å². The molecule has 1 N–H and O–H groups in total. The van der Waals surface area contributed by atoms with Crippen LogP contribution in [0.15, 0.2) is 18.3 Å². The van der Waals surface area contributed by atoms with Crippen LogP contribution in [0.3, 0.4) is 0 Å². The molecule has 0 fully saturated rings. The fourth-order valence-corrected chi connectivity index (χ4v) is 1.72. The minimum atomic E-state index is 0.594. The molecule has 0 saturated carbocycles. The molecular weight excluding hydrogens is 198 g/mol. The first kappa shape index (κ1) is 13.1. The largest absolute Gasteiger partial charge is 0.308 e. The molecule has 0 aromatic carbocycles. The van der Waals surface area contributed by atoms with E-state index < -0.39 is 0 Å². The number of aromatic nitrogens is 2. The predicted molar refractivity (Wildman–Crippen MR) is 67.0 cm³/mol. The summed E-state index contributed by atoms with van der Waals surface area (Å²) in [5.74, 6) is 0.791. The van der Waals surface area contributed by atoms with Crippen molar-refractivity contribution in [1.29, 1.82) is 0 Å². The van der Waals surface area contributed by atoms with Crippen LogP contribution < -0.4 is 5.32 Å². The first-order chi connectivity index (χ1) is 7.76. The summed E-state index contributed by atoms with van der Waals surface area (Å²) in [5.41, 5.74) is 1.02. The lowest BCUT2D eigenvalue weighted by atomic mass is 9.98. The second kappa shape index (κ2) is 7.34. The van der Waals surface area contributed by atoms with Gasteiger partial charge in [0, 0.05) is 18.8 Å². The second-order valence-corrected chi connectivity index (χ2v) is 4.45. The summed E-state index contributed by atoms with van der Waals surface area (Å²) in [5, 5.41) is 11.5. The quantitative estimate of drug-likeness (QED) is 0.769. The van der Waals surface area contributed by atoms with E-state index in [4.69, 9.17) is 0 Å². The minimum absolute atomic E-state index is 0.594. The maximum atomic E-state index is 4.07. The average Bonchev–Trinajstić information content (AvgIpc) is 2.35. The van der Waals surface area contributed by atoms with Crippen LogP contribution in [-0.4, -0.2) is 16.2 Å². The Morgan fingerprint density at radius 1 is 1.31 bits per heavy atom. The lowest BCUT2D eigenvalue weighted by Gasteiger charge is -2.19. The van der Waals surface area contributed by atoms with Crippen molar-refractivity contribution in [3.05, 3.63) is 24.0 Å². The highest BCUT2D eigenvalue weighted by Gasteiger charge is 2.09. The standard InChI is InChI=1S/C13H23N3/c1-4-11(3)9-12(5-2)14-10-13-7-6-8-15-16-13/h6-8,11-12,14H,4-5,9-10H2,1-3H3. The van der Waals surface area contributed by atoms with Gasteiger partial charge in [0.05, 0.1) is 5.69 Å². The van der Waals surface area contributed by atoms with Crippen molar-refractivity contribution in [2.24, 2.45) is 5.92 Å². The third-order valence-corrected chi connectivity index (χ3v) is 3.08.